The van der Waals surface area contributed by atoms with Crippen LogP contribution in [0.1, 0.15) is 6.92 Å². The second kappa shape index (κ2) is 5.53. The standard InChI is InChI=1S/C7H14N2O5/c1-2-14-6(11)7(12,13)4-9-5(10)3-8/h12-13H,2-4,8H2,1H3,(H,9,10). The van der Waals surface area contributed by atoms with Crippen molar-refractivity contribution in [1.82, 2.24) is 5.32 Å². The molecule has 14 heavy (non-hydrogen) atoms. The molecule has 0 aliphatic heterocycles. The summed E-state index contributed by atoms with van der Waals surface area (Å²) in [6, 6.07) is 0. The molecular formula is C7H14N2O5. The Hall–Kier alpha value is -1.18. The van der Waals surface area contributed by atoms with Gasteiger partial charge >= 0.3 is 5.97 Å². The number of nitrogens with one attached hydrogen (secondary N) is 1. The first-order valence-electron chi connectivity index (χ1n) is 4.02. The molecule has 0 aromatic carbocycles. The average Bonchev–Trinajstić information content (AvgIpc) is 2.14. The quantitative estimate of drug-likeness (QED) is 0.287. The highest BCUT2D eigenvalue weighted by molar-refractivity contribution is 5.81. The third-order valence-electron chi connectivity index (χ3n) is 1.32. The van der Waals surface area contributed by atoms with Crippen LogP contribution in [-0.2, 0) is 14.3 Å². The fourth-order valence-electron chi connectivity index (χ4n) is 0.613. The summed E-state index contributed by atoms with van der Waals surface area (Å²) in [6.45, 7) is 0.597. The van der Waals surface area contributed by atoms with Crippen molar-refractivity contribution in [3.63, 3.8) is 0 Å². The first-order chi connectivity index (χ1) is 6.44. The maximum atomic E-state index is 10.9. The van der Waals surface area contributed by atoms with Gasteiger partial charge in [0.1, 0.15) is 0 Å². The number of nitrogens with two attached hydrogens (primary N) is 1. The maximum absolute atomic E-state index is 10.9. The van der Waals surface area contributed by atoms with Crippen LogP contribution in [0.15, 0.2) is 0 Å². The van der Waals surface area contributed by atoms with Crippen LogP contribution in [-0.4, -0.2) is 47.6 Å². The van der Waals surface area contributed by atoms with Gasteiger partial charge in [0, 0.05) is 0 Å². The Labute approximate surface area is 80.8 Å². The molecule has 0 atom stereocenters. The summed E-state index contributed by atoms with van der Waals surface area (Å²) >= 11 is 0. The van der Waals surface area contributed by atoms with Gasteiger partial charge in [0.2, 0.25) is 5.91 Å². The summed E-state index contributed by atoms with van der Waals surface area (Å²) in [5, 5.41) is 20.2. The van der Waals surface area contributed by atoms with Crippen molar-refractivity contribution in [3.05, 3.63) is 0 Å². The van der Waals surface area contributed by atoms with Crippen molar-refractivity contribution in [3.8, 4) is 0 Å². The van der Waals surface area contributed by atoms with Crippen LogP contribution in [0.4, 0.5) is 0 Å². The minimum absolute atomic E-state index is 0.0204. The molecule has 82 valence electrons. The van der Waals surface area contributed by atoms with E-state index >= 15 is 0 Å². The summed E-state index contributed by atoms with van der Waals surface area (Å²) in [4.78, 5) is 21.5. The molecule has 0 heterocycles. The van der Waals surface area contributed by atoms with Crippen LogP contribution < -0.4 is 11.1 Å². The van der Waals surface area contributed by atoms with Crippen molar-refractivity contribution in [2.24, 2.45) is 5.73 Å². The lowest BCUT2D eigenvalue weighted by atomic mass is 10.3. The molecular weight excluding hydrogens is 192 g/mol. The minimum Gasteiger partial charge on any atom is -0.462 e. The lowest BCUT2D eigenvalue weighted by molar-refractivity contribution is -0.207. The zero-order valence-electron chi connectivity index (χ0n) is 7.82. The molecule has 0 fully saturated rings. The van der Waals surface area contributed by atoms with Crippen molar-refractivity contribution in [1.29, 1.82) is 0 Å². The van der Waals surface area contributed by atoms with E-state index < -0.39 is 24.2 Å². The highest BCUT2D eigenvalue weighted by Gasteiger charge is 2.35. The number of rotatable bonds is 5. The molecule has 5 N–H and O–H groups in total. The number of aliphatic hydroxyl groups is 2. The van der Waals surface area contributed by atoms with Crippen molar-refractivity contribution in [2.75, 3.05) is 19.7 Å². The number of carbonyl (C=O) groups is 2. The second-order valence-corrected chi connectivity index (χ2v) is 2.52. The molecule has 0 aliphatic carbocycles. The number of hydrogen-bond acceptors (Lipinski definition) is 6. The zero-order valence-corrected chi connectivity index (χ0v) is 7.82. The topological polar surface area (TPSA) is 122 Å². The molecule has 0 saturated carbocycles. The number of carbonyl (C=O) groups excluding carboxylic acids is 2. The summed E-state index contributed by atoms with van der Waals surface area (Å²) in [7, 11) is 0. The first-order valence-corrected chi connectivity index (χ1v) is 4.02. The first kappa shape index (κ1) is 12.8. The van der Waals surface area contributed by atoms with E-state index in [2.05, 4.69) is 4.74 Å². The van der Waals surface area contributed by atoms with Gasteiger partial charge in [0.15, 0.2) is 0 Å². The fraction of sp³-hybridized carbons (Fsp3) is 0.714. The fourth-order valence-corrected chi connectivity index (χ4v) is 0.613. The van der Waals surface area contributed by atoms with Crippen LogP contribution in [0.2, 0.25) is 0 Å². The summed E-state index contributed by atoms with van der Waals surface area (Å²) in [6.07, 6.45) is 0. The van der Waals surface area contributed by atoms with E-state index in [0.29, 0.717) is 0 Å². The van der Waals surface area contributed by atoms with E-state index in [1.807, 2.05) is 5.32 Å². The van der Waals surface area contributed by atoms with Crippen molar-refractivity contribution in [2.45, 2.75) is 12.7 Å². The van der Waals surface area contributed by atoms with E-state index in [9.17, 15) is 9.59 Å². The Morgan fingerprint density at radius 1 is 1.50 bits per heavy atom. The van der Waals surface area contributed by atoms with Crippen LogP contribution >= 0.6 is 0 Å². The van der Waals surface area contributed by atoms with Crippen LogP contribution in [0.25, 0.3) is 0 Å². The highest BCUT2D eigenvalue weighted by atomic mass is 16.6. The number of ether oxygens (including phenoxy) is 1. The normalized spacial score (nSPS) is 10.9. The smallest absolute Gasteiger partial charge is 0.368 e. The van der Waals surface area contributed by atoms with E-state index in [-0.39, 0.29) is 13.2 Å². The summed E-state index contributed by atoms with van der Waals surface area (Å²) in [5.74, 6) is -4.51. The highest BCUT2D eigenvalue weighted by Crippen LogP contribution is 2.00. The van der Waals surface area contributed by atoms with E-state index in [0.717, 1.165) is 0 Å². The van der Waals surface area contributed by atoms with Crippen molar-refractivity contribution < 1.29 is 24.5 Å². The number of hydrogen-bond donors (Lipinski definition) is 4. The predicted octanol–water partition coefficient (Wildman–Crippen LogP) is -2.69. The Morgan fingerprint density at radius 2 is 2.07 bits per heavy atom. The van der Waals surface area contributed by atoms with Gasteiger partial charge in [0.05, 0.1) is 19.7 Å². The molecule has 0 saturated heterocycles. The van der Waals surface area contributed by atoms with Gasteiger partial charge in [-0.1, -0.05) is 0 Å². The molecule has 7 heteroatoms. The summed E-state index contributed by atoms with van der Waals surface area (Å²) in [5.41, 5.74) is 4.94. The number of amides is 1. The van der Waals surface area contributed by atoms with E-state index in [1.165, 1.54) is 6.92 Å². The van der Waals surface area contributed by atoms with Gasteiger partial charge in [-0.2, -0.15) is 0 Å². The molecule has 0 unspecified atom stereocenters. The molecule has 7 nitrogen and oxygen atoms in total. The Balaban J connectivity index is 4.06. The van der Waals surface area contributed by atoms with Gasteiger partial charge in [0.25, 0.3) is 5.79 Å². The molecule has 0 rings (SSSR count). The molecule has 0 spiro atoms. The minimum atomic E-state index is -2.71. The SMILES string of the molecule is CCOC(=O)C(O)(O)CNC(=O)CN. The Kier molecular flexibility index (Phi) is 5.06. The lowest BCUT2D eigenvalue weighted by Crippen LogP contribution is -2.50. The van der Waals surface area contributed by atoms with Crippen LogP contribution in [0.5, 0.6) is 0 Å². The van der Waals surface area contributed by atoms with Gasteiger partial charge < -0.3 is 26.0 Å². The Bertz CT molecular complexity index is 216. The van der Waals surface area contributed by atoms with Gasteiger partial charge in [-0.05, 0) is 6.92 Å². The lowest BCUT2D eigenvalue weighted by Gasteiger charge is -2.19. The average molecular weight is 206 g/mol. The third-order valence-corrected chi connectivity index (χ3v) is 1.32. The predicted molar refractivity (Wildman–Crippen MR) is 45.9 cm³/mol. The molecule has 0 radical (unpaired) electrons. The third kappa shape index (κ3) is 4.17. The van der Waals surface area contributed by atoms with Crippen LogP contribution in [0, 0.1) is 0 Å². The largest absolute Gasteiger partial charge is 0.462 e. The monoisotopic (exact) mass is 206 g/mol. The van der Waals surface area contributed by atoms with Gasteiger partial charge in [-0.15, -0.1) is 0 Å². The van der Waals surface area contributed by atoms with Crippen LogP contribution in [0.3, 0.4) is 0 Å². The molecule has 1 amide bonds. The summed E-state index contributed by atoms with van der Waals surface area (Å²) < 4.78 is 4.35. The maximum Gasteiger partial charge on any atom is 0.368 e. The Morgan fingerprint density at radius 3 is 2.50 bits per heavy atom. The second-order valence-electron chi connectivity index (χ2n) is 2.52. The molecule has 0 aromatic heterocycles. The van der Waals surface area contributed by atoms with Gasteiger partial charge in [-0.25, -0.2) is 4.79 Å². The molecule has 0 aliphatic rings. The number of esters is 1. The van der Waals surface area contributed by atoms with E-state index in [1.54, 1.807) is 0 Å². The van der Waals surface area contributed by atoms with Gasteiger partial charge in [-0.3, -0.25) is 4.79 Å². The zero-order chi connectivity index (χ0) is 11.2. The van der Waals surface area contributed by atoms with Crippen molar-refractivity contribution >= 4 is 11.9 Å². The molecule has 0 aromatic rings. The van der Waals surface area contributed by atoms with E-state index in [4.69, 9.17) is 15.9 Å². The molecule has 0 bridgehead atoms.